The number of piperazine rings is 1. The first kappa shape index (κ1) is 30.9. The van der Waals surface area contributed by atoms with Gasteiger partial charge in [0, 0.05) is 50.0 Å². The molecule has 1 aliphatic rings. The van der Waals surface area contributed by atoms with Gasteiger partial charge in [0.25, 0.3) is 10.0 Å². The van der Waals surface area contributed by atoms with Crippen LogP contribution in [-0.4, -0.2) is 81.0 Å². The van der Waals surface area contributed by atoms with Crippen molar-refractivity contribution in [3.05, 3.63) is 91.0 Å². The Morgan fingerprint density at radius 1 is 0.955 bits per heavy atom. The molecular formula is C31H33FN6O5S. The van der Waals surface area contributed by atoms with Gasteiger partial charge in [0.15, 0.2) is 0 Å². The van der Waals surface area contributed by atoms with E-state index in [9.17, 15) is 17.6 Å². The molecule has 1 N–H and O–H groups in total. The van der Waals surface area contributed by atoms with E-state index in [2.05, 4.69) is 32.1 Å². The van der Waals surface area contributed by atoms with Crippen LogP contribution in [0.5, 0.6) is 5.75 Å². The second-order valence-electron chi connectivity index (χ2n) is 10.2. The molecule has 0 radical (unpaired) electrons. The maximum Gasteiger partial charge on any atom is 0.322 e. The third-order valence-electron chi connectivity index (χ3n) is 7.12. The van der Waals surface area contributed by atoms with Crippen LogP contribution in [-0.2, 0) is 19.7 Å². The summed E-state index contributed by atoms with van der Waals surface area (Å²) in [7, 11) is -2.14. The molecule has 5 rings (SSSR count). The number of rotatable bonds is 13. The first-order chi connectivity index (χ1) is 21.3. The number of hydrogen-bond acceptors (Lipinski definition) is 10. The van der Waals surface area contributed by atoms with Gasteiger partial charge >= 0.3 is 6.47 Å². The van der Waals surface area contributed by atoms with Gasteiger partial charge in [-0.2, -0.15) is 8.42 Å². The molecule has 13 heteroatoms. The molecule has 1 saturated heterocycles. The number of benzene rings is 3. The summed E-state index contributed by atoms with van der Waals surface area (Å²) in [5, 5.41) is 3.16. The van der Waals surface area contributed by atoms with Crippen LogP contribution in [0.4, 0.5) is 21.6 Å². The van der Waals surface area contributed by atoms with Crippen molar-refractivity contribution < 1.29 is 27.2 Å². The summed E-state index contributed by atoms with van der Waals surface area (Å²) in [6.07, 6.45) is 2.42. The van der Waals surface area contributed by atoms with Crippen molar-refractivity contribution in [3.63, 3.8) is 0 Å². The van der Waals surface area contributed by atoms with Gasteiger partial charge in [0.1, 0.15) is 23.7 Å². The molecule has 4 aromatic rings. The maximum atomic E-state index is 13.3. The van der Waals surface area contributed by atoms with Crippen LogP contribution in [0.2, 0.25) is 0 Å². The van der Waals surface area contributed by atoms with Crippen molar-refractivity contribution in [1.29, 1.82) is 0 Å². The lowest BCUT2D eigenvalue weighted by atomic mass is 10.1. The summed E-state index contributed by atoms with van der Waals surface area (Å²) in [4.78, 5) is 29.1. The van der Waals surface area contributed by atoms with Gasteiger partial charge in [0.2, 0.25) is 0 Å². The summed E-state index contributed by atoms with van der Waals surface area (Å²) in [6, 6.07) is 19.8. The monoisotopic (exact) mass is 620 g/mol. The smallest absolute Gasteiger partial charge is 0.322 e. The molecule has 1 aromatic heterocycles. The molecule has 0 atom stereocenters. The lowest BCUT2D eigenvalue weighted by molar-refractivity contribution is -0.128. The molecule has 230 valence electrons. The Morgan fingerprint density at radius 3 is 2.34 bits per heavy atom. The topological polar surface area (TPSA) is 117 Å². The number of sulfonamides is 1. The van der Waals surface area contributed by atoms with Crippen LogP contribution >= 0.6 is 0 Å². The predicted molar refractivity (Wildman–Crippen MR) is 164 cm³/mol. The van der Waals surface area contributed by atoms with Crippen molar-refractivity contribution in [2.24, 2.45) is 0 Å². The summed E-state index contributed by atoms with van der Waals surface area (Å²) < 4.78 is 45.7. The largest absolute Gasteiger partial charge is 0.494 e. The summed E-state index contributed by atoms with van der Waals surface area (Å²) >= 11 is 0. The van der Waals surface area contributed by atoms with E-state index in [4.69, 9.17) is 9.57 Å². The number of likely N-dealkylation sites (N-methyl/N-ethyl adjacent to an activating group) is 1. The lowest BCUT2D eigenvalue weighted by Gasteiger charge is -2.32. The van der Waals surface area contributed by atoms with E-state index < -0.39 is 15.8 Å². The van der Waals surface area contributed by atoms with E-state index in [-0.39, 0.29) is 17.1 Å². The molecule has 3 aromatic carbocycles. The van der Waals surface area contributed by atoms with Crippen molar-refractivity contribution in [2.45, 2.75) is 11.3 Å². The van der Waals surface area contributed by atoms with E-state index in [0.29, 0.717) is 28.3 Å². The van der Waals surface area contributed by atoms with Crippen LogP contribution in [0.15, 0.2) is 90.1 Å². The number of nitrogens with one attached hydrogen (secondary N) is 1. The molecule has 1 aliphatic heterocycles. The average Bonchev–Trinajstić information content (AvgIpc) is 3.04. The minimum atomic E-state index is -4.30. The number of nitrogens with zero attached hydrogens (tertiary/aromatic N) is 5. The van der Waals surface area contributed by atoms with Crippen molar-refractivity contribution in [1.82, 2.24) is 19.8 Å². The van der Waals surface area contributed by atoms with E-state index in [1.807, 2.05) is 24.3 Å². The molecule has 44 heavy (non-hydrogen) atoms. The second-order valence-corrected chi connectivity index (χ2v) is 12.0. The molecule has 0 unspecified atom stereocenters. The highest BCUT2D eigenvalue weighted by Crippen LogP contribution is 2.28. The van der Waals surface area contributed by atoms with Gasteiger partial charge < -0.3 is 24.7 Å². The second kappa shape index (κ2) is 14.3. The quantitative estimate of drug-likeness (QED) is 0.132. The lowest BCUT2D eigenvalue weighted by Crippen LogP contribution is -2.44. The molecule has 0 bridgehead atoms. The molecule has 2 heterocycles. The fourth-order valence-corrected chi connectivity index (χ4v) is 5.89. The van der Waals surface area contributed by atoms with Crippen molar-refractivity contribution in [3.8, 4) is 17.0 Å². The third kappa shape index (κ3) is 7.86. The van der Waals surface area contributed by atoms with E-state index in [0.717, 1.165) is 74.7 Å². The zero-order valence-corrected chi connectivity index (χ0v) is 25.0. The molecular weight excluding hydrogens is 587 g/mol. The number of ether oxygens (including phenoxy) is 1. The zero-order valence-electron chi connectivity index (χ0n) is 24.2. The first-order valence-electron chi connectivity index (χ1n) is 14.1. The maximum absolute atomic E-state index is 13.3. The van der Waals surface area contributed by atoms with E-state index in [1.165, 1.54) is 18.5 Å². The average molecular weight is 621 g/mol. The minimum Gasteiger partial charge on any atom is -0.494 e. The Labute approximate surface area is 255 Å². The number of hydrogen-bond donors (Lipinski definition) is 1. The normalized spacial score (nSPS) is 14.1. The fraction of sp³-hybridized carbons (Fsp3) is 0.258. The third-order valence-corrected chi connectivity index (χ3v) is 8.72. The Bertz CT molecular complexity index is 1630. The van der Waals surface area contributed by atoms with Gasteiger partial charge in [-0.3, -0.25) is 4.79 Å². The standard InChI is InChI=1S/C31H33FN6O5S/c1-36-16-18-37(19-17-36)15-2-20-42-28-11-3-24(4-12-28)30-21-31(34-22-33-30)35-26-7-9-27(10-8-26)38(43-23-39)44(40,41)29-13-5-25(32)6-14-29/h3-14,21-23H,2,15-20H2,1H3,(H,33,34,35). The minimum absolute atomic E-state index is 0.00385. The number of anilines is 3. The Kier molecular flexibility index (Phi) is 10.00. The van der Waals surface area contributed by atoms with E-state index >= 15 is 0 Å². The molecule has 0 spiro atoms. The van der Waals surface area contributed by atoms with Gasteiger partial charge in [-0.05, 0) is 86.3 Å². The zero-order chi connectivity index (χ0) is 30.9. The van der Waals surface area contributed by atoms with Crippen LogP contribution in [0.1, 0.15) is 6.42 Å². The molecule has 0 amide bonds. The molecule has 0 saturated carbocycles. The molecule has 0 aliphatic carbocycles. The predicted octanol–water partition coefficient (Wildman–Crippen LogP) is 4.33. The van der Waals surface area contributed by atoms with Crippen LogP contribution in [0, 0.1) is 5.82 Å². The highest BCUT2D eigenvalue weighted by Gasteiger charge is 2.27. The molecule has 11 nitrogen and oxygen atoms in total. The fourth-order valence-electron chi connectivity index (χ4n) is 4.67. The van der Waals surface area contributed by atoms with Gasteiger partial charge in [-0.1, -0.05) is 4.47 Å². The Hall–Kier alpha value is -4.59. The van der Waals surface area contributed by atoms with E-state index in [1.54, 1.807) is 18.2 Å². The van der Waals surface area contributed by atoms with Crippen LogP contribution in [0.3, 0.4) is 0 Å². The summed E-state index contributed by atoms with van der Waals surface area (Å²) in [6.45, 7) is 6.11. The highest BCUT2D eigenvalue weighted by molar-refractivity contribution is 7.92. The number of carbonyl (C=O) groups is 1. The highest BCUT2D eigenvalue weighted by atomic mass is 32.2. The van der Waals surface area contributed by atoms with Gasteiger partial charge in [-0.25, -0.2) is 14.4 Å². The molecule has 1 fully saturated rings. The first-order valence-corrected chi connectivity index (χ1v) is 15.5. The number of halogens is 1. The van der Waals surface area contributed by atoms with Crippen molar-refractivity contribution in [2.75, 3.05) is 56.2 Å². The van der Waals surface area contributed by atoms with Crippen LogP contribution in [0.25, 0.3) is 11.3 Å². The summed E-state index contributed by atoms with van der Waals surface area (Å²) in [5.41, 5.74) is 2.26. The van der Waals surface area contributed by atoms with Crippen molar-refractivity contribution >= 4 is 33.7 Å². The number of aromatic nitrogens is 2. The Balaban J connectivity index is 1.18. The SMILES string of the molecule is CN1CCN(CCCOc2ccc(-c3cc(Nc4ccc(N(OC=O)S(=O)(=O)c5ccc(F)cc5)cc4)ncn3)cc2)CC1. The Morgan fingerprint density at radius 2 is 1.66 bits per heavy atom. The summed E-state index contributed by atoms with van der Waals surface area (Å²) in [5.74, 6) is 0.726. The van der Waals surface area contributed by atoms with Gasteiger partial charge in [0.05, 0.1) is 22.9 Å². The van der Waals surface area contributed by atoms with Crippen LogP contribution < -0.4 is 14.5 Å². The van der Waals surface area contributed by atoms with Gasteiger partial charge in [-0.15, -0.1) is 0 Å². The number of carbonyl (C=O) groups excluding carboxylic acids is 1.